The number of nitro benzene ring substituents is 1. The molecule has 0 radical (unpaired) electrons. The van der Waals surface area contributed by atoms with Gasteiger partial charge in [0.05, 0.1) is 26.7 Å². The van der Waals surface area contributed by atoms with Gasteiger partial charge in [0.2, 0.25) is 10.9 Å². The Bertz CT molecular complexity index is 619. The van der Waals surface area contributed by atoms with Gasteiger partial charge in [0, 0.05) is 12.1 Å². The summed E-state index contributed by atoms with van der Waals surface area (Å²) in [6.07, 6.45) is 0. The number of hydrogen-bond donors (Lipinski definition) is 0. The summed E-state index contributed by atoms with van der Waals surface area (Å²) in [5, 5.41) is 11.0. The first kappa shape index (κ1) is 13.3. The maximum absolute atomic E-state index is 10.9. The van der Waals surface area contributed by atoms with Crippen LogP contribution in [0.1, 0.15) is 0 Å². The smallest absolute Gasteiger partial charge is 0.313 e. The van der Waals surface area contributed by atoms with Gasteiger partial charge in [-0.1, -0.05) is 34.8 Å². The average molecular weight is 327 g/mol. The van der Waals surface area contributed by atoms with Gasteiger partial charge in [-0.25, -0.2) is 0 Å². The molecule has 0 N–H and O–H groups in total. The number of benzene rings is 1. The van der Waals surface area contributed by atoms with Crippen molar-refractivity contribution < 1.29 is 9.66 Å². The fraction of sp³-hybridized carbons (Fsp3) is 0. The van der Waals surface area contributed by atoms with Crippen LogP contribution in [-0.4, -0.2) is 13.7 Å². The monoisotopic (exact) mass is 325 g/mol. The lowest BCUT2D eigenvalue weighted by Crippen LogP contribution is -1.94. The molecular formula is C8H2Cl3N3O3S. The van der Waals surface area contributed by atoms with E-state index < -0.39 is 4.92 Å². The quantitative estimate of drug-likeness (QED) is 0.624. The van der Waals surface area contributed by atoms with E-state index in [2.05, 4.69) is 8.75 Å². The molecule has 2 aromatic rings. The van der Waals surface area contributed by atoms with E-state index in [1.807, 2.05) is 0 Å². The minimum absolute atomic E-state index is 0.0142. The molecule has 0 saturated carbocycles. The molecule has 0 aliphatic carbocycles. The lowest BCUT2D eigenvalue weighted by atomic mass is 10.3. The van der Waals surface area contributed by atoms with Gasteiger partial charge in [-0.2, -0.15) is 4.37 Å². The Morgan fingerprint density at radius 1 is 1.22 bits per heavy atom. The fourth-order valence-corrected chi connectivity index (χ4v) is 2.00. The van der Waals surface area contributed by atoms with Gasteiger partial charge in [0.25, 0.3) is 5.88 Å². The lowest BCUT2D eigenvalue weighted by Gasteiger charge is -2.05. The first-order chi connectivity index (χ1) is 8.49. The summed E-state index contributed by atoms with van der Waals surface area (Å²) in [5.41, 5.74) is -0.339. The van der Waals surface area contributed by atoms with Crippen LogP contribution in [0.4, 0.5) is 5.69 Å². The summed E-state index contributed by atoms with van der Waals surface area (Å²) in [4.78, 5) is 10.2. The molecule has 0 amide bonds. The van der Waals surface area contributed by atoms with Gasteiger partial charge in [-0.15, -0.1) is 4.37 Å². The van der Waals surface area contributed by atoms with Crippen molar-refractivity contribution in [2.24, 2.45) is 0 Å². The van der Waals surface area contributed by atoms with E-state index >= 15 is 0 Å². The number of halogens is 3. The van der Waals surface area contributed by atoms with Crippen molar-refractivity contribution in [1.29, 1.82) is 0 Å². The molecular weight excluding hydrogens is 325 g/mol. The van der Waals surface area contributed by atoms with Crippen molar-refractivity contribution in [3.63, 3.8) is 0 Å². The van der Waals surface area contributed by atoms with E-state index in [9.17, 15) is 10.1 Å². The number of rotatable bonds is 3. The second-order valence-electron chi connectivity index (χ2n) is 2.95. The van der Waals surface area contributed by atoms with Crippen molar-refractivity contribution in [3.8, 4) is 11.6 Å². The second kappa shape index (κ2) is 5.23. The van der Waals surface area contributed by atoms with Crippen molar-refractivity contribution in [3.05, 3.63) is 37.4 Å². The van der Waals surface area contributed by atoms with E-state index in [0.29, 0.717) is 0 Å². The van der Waals surface area contributed by atoms with Crippen LogP contribution >= 0.6 is 46.5 Å². The van der Waals surface area contributed by atoms with Crippen molar-refractivity contribution in [1.82, 2.24) is 8.75 Å². The highest BCUT2D eigenvalue weighted by atomic mass is 35.5. The van der Waals surface area contributed by atoms with E-state index in [1.54, 1.807) is 0 Å². The largest absolute Gasteiger partial charge is 0.428 e. The highest BCUT2D eigenvalue weighted by Crippen LogP contribution is 2.38. The maximum Gasteiger partial charge on any atom is 0.313 e. The molecule has 6 nitrogen and oxygen atoms in total. The van der Waals surface area contributed by atoms with Gasteiger partial charge < -0.3 is 4.74 Å². The van der Waals surface area contributed by atoms with E-state index in [0.717, 1.165) is 17.8 Å². The normalized spacial score (nSPS) is 10.4. The Morgan fingerprint density at radius 2 is 1.89 bits per heavy atom. The summed E-state index contributed by atoms with van der Waals surface area (Å²) in [7, 11) is 0. The average Bonchev–Trinajstić information content (AvgIpc) is 2.69. The summed E-state index contributed by atoms with van der Waals surface area (Å²) in [6, 6.07) is 2.31. The Morgan fingerprint density at radius 3 is 2.44 bits per heavy atom. The lowest BCUT2D eigenvalue weighted by molar-refractivity contribution is -0.385. The molecule has 1 aromatic carbocycles. The molecule has 0 unspecified atom stereocenters. The van der Waals surface area contributed by atoms with Gasteiger partial charge in [-0.3, -0.25) is 10.1 Å². The molecule has 1 aromatic heterocycles. The Kier molecular flexibility index (Phi) is 3.86. The Balaban J connectivity index is 2.46. The summed E-state index contributed by atoms with van der Waals surface area (Å²) in [6.45, 7) is 0. The highest BCUT2D eigenvalue weighted by molar-refractivity contribution is 6.99. The molecule has 18 heavy (non-hydrogen) atoms. The van der Waals surface area contributed by atoms with Crippen LogP contribution in [0, 0.1) is 10.1 Å². The molecule has 0 aliphatic heterocycles. The molecule has 0 fully saturated rings. The van der Waals surface area contributed by atoms with Crippen LogP contribution in [0.2, 0.25) is 15.2 Å². The fourth-order valence-electron chi connectivity index (χ4n) is 1.08. The standard InChI is InChI=1S/C8H2Cl3N3O3S/c9-3-1-5(14(15)16)6(2-4(3)10)17-8-7(11)12-18-13-8/h1-2H. The van der Waals surface area contributed by atoms with E-state index in [-0.39, 0.29) is 32.5 Å². The number of ether oxygens (including phenoxy) is 1. The molecule has 0 atom stereocenters. The number of aromatic nitrogens is 2. The molecule has 0 bridgehead atoms. The van der Waals surface area contributed by atoms with Crippen LogP contribution in [0.25, 0.3) is 0 Å². The number of hydrogen-bond acceptors (Lipinski definition) is 6. The molecule has 0 aliphatic rings. The van der Waals surface area contributed by atoms with Crippen LogP contribution < -0.4 is 4.74 Å². The number of nitro groups is 1. The van der Waals surface area contributed by atoms with Crippen molar-refractivity contribution >= 4 is 52.2 Å². The summed E-state index contributed by atoms with van der Waals surface area (Å²) in [5.74, 6) is -0.132. The zero-order chi connectivity index (χ0) is 13.3. The van der Waals surface area contributed by atoms with Gasteiger partial charge >= 0.3 is 5.69 Å². The summed E-state index contributed by atoms with van der Waals surface area (Å²) < 4.78 is 12.6. The predicted octanol–water partition coefficient (Wildman–Crippen LogP) is 4.20. The van der Waals surface area contributed by atoms with Gasteiger partial charge in [0.15, 0.2) is 0 Å². The molecule has 0 saturated heterocycles. The van der Waals surface area contributed by atoms with Crippen LogP contribution in [-0.2, 0) is 0 Å². The second-order valence-corrected chi connectivity index (χ2v) is 4.65. The number of nitrogens with zero attached hydrogens (tertiary/aromatic N) is 3. The van der Waals surface area contributed by atoms with Gasteiger partial charge in [-0.05, 0) is 0 Å². The van der Waals surface area contributed by atoms with Crippen LogP contribution in [0.5, 0.6) is 11.6 Å². The topological polar surface area (TPSA) is 78.2 Å². The zero-order valence-electron chi connectivity index (χ0n) is 8.26. The van der Waals surface area contributed by atoms with Crippen LogP contribution in [0.15, 0.2) is 12.1 Å². The van der Waals surface area contributed by atoms with Crippen LogP contribution in [0.3, 0.4) is 0 Å². The third-order valence-corrected chi connectivity index (χ3v) is 3.41. The maximum atomic E-state index is 10.9. The minimum atomic E-state index is -0.648. The first-order valence-corrected chi connectivity index (χ1v) is 6.15. The van der Waals surface area contributed by atoms with Crippen molar-refractivity contribution in [2.45, 2.75) is 0 Å². The molecule has 1 heterocycles. The molecule has 10 heteroatoms. The molecule has 94 valence electrons. The van der Waals surface area contributed by atoms with E-state index in [4.69, 9.17) is 39.5 Å². The molecule has 2 rings (SSSR count). The SMILES string of the molecule is O=[N+]([O-])c1cc(Cl)c(Cl)cc1Oc1nsnc1Cl. The third kappa shape index (κ3) is 2.64. The van der Waals surface area contributed by atoms with Crippen molar-refractivity contribution in [2.75, 3.05) is 0 Å². The van der Waals surface area contributed by atoms with Gasteiger partial charge in [0.1, 0.15) is 0 Å². The molecule has 0 spiro atoms. The predicted molar refractivity (Wildman–Crippen MR) is 68.1 cm³/mol. The Labute approximate surface area is 120 Å². The summed E-state index contributed by atoms with van der Waals surface area (Å²) >= 11 is 18.0. The zero-order valence-corrected chi connectivity index (χ0v) is 11.3. The highest BCUT2D eigenvalue weighted by Gasteiger charge is 2.21. The Hall–Kier alpha value is -1.15. The first-order valence-electron chi connectivity index (χ1n) is 4.28. The minimum Gasteiger partial charge on any atom is -0.428 e. The third-order valence-electron chi connectivity index (χ3n) is 1.83. The van der Waals surface area contributed by atoms with E-state index in [1.165, 1.54) is 6.07 Å².